The zero-order chi connectivity index (χ0) is 14.1. The number of aryl methyl sites for hydroxylation is 1. The Hall–Kier alpha value is -2.06. The van der Waals surface area contributed by atoms with Crippen molar-refractivity contribution in [3.63, 3.8) is 0 Å². The number of carbonyl (C=O) groups is 1. The molecule has 0 saturated carbocycles. The number of aromatic nitrogens is 1. The van der Waals surface area contributed by atoms with E-state index >= 15 is 0 Å². The number of nitrogens with one attached hydrogen (secondary N) is 1. The molecule has 0 unspecified atom stereocenters. The molecule has 0 saturated heterocycles. The molecule has 0 aliphatic heterocycles. The van der Waals surface area contributed by atoms with Crippen LogP contribution in [0, 0.1) is 6.92 Å². The van der Waals surface area contributed by atoms with Gasteiger partial charge in [0.1, 0.15) is 0 Å². The lowest BCUT2D eigenvalue weighted by atomic mass is 10.0. The SMILES string of the molecule is Cc1cccc(CC(=O)c2c[nH]c3ccc(Cl)cc23)c1. The van der Waals surface area contributed by atoms with Crippen molar-refractivity contribution in [2.24, 2.45) is 0 Å². The summed E-state index contributed by atoms with van der Waals surface area (Å²) in [5, 5.41) is 1.52. The number of rotatable bonds is 3. The van der Waals surface area contributed by atoms with Gasteiger partial charge in [-0.05, 0) is 30.7 Å². The Kier molecular flexibility index (Phi) is 3.33. The van der Waals surface area contributed by atoms with Gasteiger partial charge in [-0.25, -0.2) is 0 Å². The van der Waals surface area contributed by atoms with Crippen LogP contribution in [0.3, 0.4) is 0 Å². The fourth-order valence-electron chi connectivity index (χ4n) is 2.43. The predicted molar refractivity (Wildman–Crippen MR) is 82.5 cm³/mol. The van der Waals surface area contributed by atoms with E-state index in [1.54, 1.807) is 6.20 Å². The van der Waals surface area contributed by atoms with Crippen LogP contribution in [0.25, 0.3) is 10.9 Å². The Morgan fingerprint density at radius 1 is 1.20 bits per heavy atom. The summed E-state index contributed by atoms with van der Waals surface area (Å²) >= 11 is 6.01. The number of aromatic amines is 1. The van der Waals surface area contributed by atoms with Crippen molar-refractivity contribution in [1.29, 1.82) is 0 Å². The van der Waals surface area contributed by atoms with E-state index in [1.165, 1.54) is 0 Å². The molecule has 0 aliphatic rings. The first-order valence-corrected chi connectivity index (χ1v) is 6.86. The van der Waals surface area contributed by atoms with Crippen molar-refractivity contribution in [3.8, 4) is 0 Å². The van der Waals surface area contributed by atoms with Crippen molar-refractivity contribution in [2.45, 2.75) is 13.3 Å². The second-order valence-corrected chi connectivity index (χ2v) is 5.42. The predicted octanol–water partition coefficient (Wildman–Crippen LogP) is 4.56. The summed E-state index contributed by atoms with van der Waals surface area (Å²) in [5.41, 5.74) is 3.83. The molecule has 3 heteroatoms. The van der Waals surface area contributed by atoms with Crippen molar-refractivity contribution >= 4 is 28.3 Å². The summed E-state index contributed by atoms with van der Waals surface area (Å²) in [5.74, 6) is 0.101. The summed E-state index contributed by atoms with van der Waals surface area (Å²) in [4.78, 5) is 15.6. The number of carbonyl (C=O) groups excluding carboxylic acids is 1. The maximum absolute atomic E-state index is 12.4. The first-order chi connectivity index (χ1) is 9.63. The minimum atomic E-state index is 0.101. The van der Waals surface area contributed by atoms with Crippen molar-refractivity contribution in [1.82, 2.24) is 4.98 Å². The Morgan fingerprint density at radius 3 is 2.85 bits per heavy atom. The van der Waals surface area contributed by atoms with Gasteiger partial charge in [-0.2, -0.15) is 0 Å². The average Bonchev–Trinajstić information content (AvgIpc) is 2.81. The van der Waals surface area contributed by atoms with Crippen LogP contribution < -0.4 is 0 Å². The van der Waals surface area contributed by atoms with Crippen LogP contribution in [0.5, 0.6) is 0 Å². The standard InChI is InChI=1S/C17H14ClNO/c1-11-3-2-4-12(7-11)8-17(20)15-10-19-16-6-5-13(18)9-14(15)16/h2-7,9-10,19H,8H2,1H3. The highest BCUT2D eigenvalue weighted by molar-refractivity contribution is 6.31. The van der Waals surface area contributed by atoms with Gasteiger partial charge in [0, 0.05) is 34.1 Å². The molecule has 2 aromatic carbocycles. The lowest BCUT2D eigenvalue weighted by Crippen LogP contribution is -2.02. The van der Waals surface area contributed by atoms with E-state index in [0.29, 0.717) is 17.0 Å². The summed E-state index contributed by atoms with van der Waals surface area (Å²) in [6, 6.07) is 13.6. The van der Waals surface area contributed by atoms with Gasteiger partial charge in [-0.1, -0.05) is 41.4 Å². The second-order valence-electron chi connectivity index (χ2n) is 4.98. The van der Waals surface area contributed by atoms with Gasteiger partial charge in [0.15, 0.2) is 5.78 Å². The molecule has 0 spiro atoms. The highest BCUT2D eigenvalue weighted by Crippen LogP contribution is 2.23. The van der Waals surface area contributed by atoms with Crippen molar-refractivity contribution in [3.05, 3.63) is 70.4 Å². The molecule has 1 aromatic heterocycles. The smallest absolute Gasteiger partial charge is 0.169 e. The highest BCUT2D eigenvalue weighted by atomic mass is 35.5. The second kappa shape index (κ2) is 5.14. The largest absolute Gasteiger partial charge is 0.360 e. The summed E-state index contributed by atoms with van der Waals surface area (Å²) in [7, 11) is 0. The Labute approximate surface area is 122 Å². The van der Waals surface area contributed by atoms with Crippen LogP contribution in [0.2, 0.25) is 5.02 Å². The topological polar surface area (TPSA) is 32.9 Å². The van der Waals surface area contributed by atoms with E-state index in [1.807, 2.05) is 49.4 Å². The summed E-state index contributed by atoms with van der Waals surface area (Å²) in [6.45, 7) is 2.03. The number of ketones is 1. The van der Waals surface area contributed by atoms with E-state index in [-0.39, 0.29) is 5.78 Å². The zero-order valence-corrected chi connectivity index (χ0v) is 11.9. The summed E-state index contributed by atoms with van der Waals surface area (Å²) in [6.07, 6.45) is 2.17. The summed E-state index contributed by atoms with van der Waals surface area (Å²) < 4.78 is 0. The molecule has 2 nitrogen and oxygen atoms in total. The maximum atomic E-state index is 12.4. The number of Topliss-reactive ketones (excluding diaryl/α,β-unsaturated/α-hetero) is 1. The fourth-order valence-corrected chi connectivity index (χ4v) is 2.60. The molecule has 1 N–H and O–H groups in total. The lowest BCUT2D eigenvalue weighted by Gasteiger charge is -2.02. The number of H-pyrrole nitrogens is 1. The molecule has 3 aromatic rings. The Balaban J connectivity index is 1.94. The molecule has 0 aliphatic carbocycles. The van der Waals surface area contributed by atoms with Gasteiger partial charge in [0.25, 0.3) is 0 Å². The van der Waals surface area contributed by atoms with Crippen LogP contribution in [0.4, 0.5) is 0 Å². The first kappa shape index (κ1) is 12.9. The van der Waals surface area contributed by atoms with Crippen molar-refractivity contribution < 1.29 is 4.79 Å². The minimum Gasteiger partial charge on any atom is -0.360 e. The maximum Gasteiger partial charge on any atom is 0.169 e. The number of fused-ring (bicyclic) bond motifs is 1. The molecule has 0 bridgehead atoms. The van der Waals surface area contributed by atoms with Gasteiger partial charge < -0.3 is 4.98 Å². The number of hydrogen-bond donors (Lipinski definition) is 1. The molecular formula is C17H14ClNO. The number of hydrogen-bond acceptors (Lipinski definition) is 1. The highest BCUT2D eigenvalue weighted by Gasteiger charge is 2.13. The molecule has 1 heterocycles. The molecule has 0 amide bonds. The van der Waals surface area contributed by atoms with Gasteiger partial charge in [-0.15, -0.1) is 0 Å². The van der Waals surface area contributed by atoms with E-state index in [2.05, 4.69) is 4.98 Å². The van der Waals surface area contributed by atoms with E-state index in [9.17, 15) is 4.79 Å². The van der Waals surface area contributed by atoms with Gasteiger partial charge in [0.2, 0.25) is 0 Å². The van der Waals surface area contributed by atoms with Gasteiger partial charge in [0.05, 0.1) is 0 Å². The van der Waals surface area contributed by atoms with E-state index in [4.69, 9.17) is 11.6 Å². The molecule has 0 atom stereocenters. The first-order valence-electron chi connectivity index (χ1n) is 6.49. The molecule has 100 valence electrons. The third-order valence-electron chi connectivity index (χ3n) is 3.39. The molecule has 3 rings (SSSR count). The third-order valence-corrected chi connectivity index (χ3v) is 3.63. The van der Waals surface area contributed by atoms with Crippen LogP contribution in [0.15, 0.2) is 48.7 Å². The quantitative estimate of drug-likeness (QED) is 0.703. The fraction of sp³-hybridized carbons (Fsp3) is 0.118. The Bertz CT molecular complexity index is 789. The van der Waals surface area contributed by atoms with Crippen LogP contribution >= 0.6 is 11.6 Å². The molecular weight excluding hydrogens is 270 g/mol. The normalized spacial score (nSPS) is 10.9. The van der Waals surface area contributed by atoms with Gasteiger partial charge in [-0.3, -0.25) is 4.79 Å². The number of benzene rings is 2. The average molecular weight is 284 g/mol. The Morgan fingerprint density at radius 2 is 2.05 bits per heavy atom. The molecule has 20 heavy (non-hydrogen) atoms. The van der Waals surface area contributed by atoms with Crippen LogP contribution in [0.1, 0.15) is 21.5 Å². The number of halogens is 1. The monoisotopic (exact) mass is 283 g/mol. The van der Waals surface area contributed by atoms with Crippen LogP contribution in [-0.2, 0) is 6.42 Å². The minimum absolute atomic E-state index is 0.101. The third kappa shape index (κ3) is 2.47. The zero-order valence-electron chi connectivity index (χ0n) is 11.1. The van der Waals surface area contributed by atoms with E-state index < -0.39 is 0 Å². The molecule has 0 fully saturated rings. The van der Waals surface area contributed by atoms with Crippen molar-refractivity contribution in [2.75, 3.05) is 0 Å². The lowest BCUT2D eigenvalue weighted by molar-refractivity contribution is 0.0994. The van der Waals surface area contributed by atoms with E-state index in [0.717, 1.165) is 22.0 Å². The van der Waals surface area contributed by atoms with Crippen LogP contribution in [-0.4, -0.2) is 10.8 Å². The molecule has 0 radical (unpaired) electrons. The van der Waals surface area contributed by atoms with Gasteiger partial charge >= 0.3 is 0 Å².